The van der Waals surface area contributed by atoms with Crippen LogP contribution in [0, 0.1) is 5.82 Å². The Hall–Kier alpha value is -1.83. The molecule has 0 aliphatic carbocycles. The SMILES string of the molecule is CCCCCCCCCCOc1ccc(-c2ccccc2)c(F)c1. The molecule has 0 unspecified atom stereocenters. The predicted molar refractivity (Wildman–Crippen MR) is 99.9 cm³/mol. The van der Waals surface area contributed by atoms with Crippen LogP contribution in [0.2, 0.25) is 0 Å². The minimum Gasteiger partial charge on any atom is -0.493 e. The Labute approximate surface area is 145 Å². The number of hydrogen-bond donors (Lipinski definition) is 0. The molecule has 2 aromatic carbocycles. The number of halogens is 1. The second kappa shape index (κ2) is 10.9. The molecule has 0 aliphatic heterocycles. The Kier molecular flexibility index (Phi) is 8.37. The van der Waals surface area contributed by atoms with Gasteiger partial charge in [0.25, 0.3) is 0 Å². The maximum Gasteiger partial charge on any atom is 0.134 e. The van der Waals surface area contributed by atoms with Crippen LogP contribution in [0.3, 0.4) is 0 Å². The lowest BCUT2D eigenvalue weighted by Gasteiger charge is -2.09. The van der Waals surface area contributed by atoms with E-state index in [0.29, 0.717) is 17.9 Å². The van der Waals surface area contributed by atoms with Crippen LogP contribution in [-0.4, -0.2) is 6.61 Å². The molecule has 0 saturated heterocycles. The highest BCUT2D eigenvalue weighted by molar-refractivity contribution is 5.64. The number of unbranched alkanes of at least 4 members (excludes halogenated alkanes) is 7. The summed E-state index contributed by atoms with van der Waals surface area (Å²) in [4.78, 5) is 0. The molecule has 2 aromatic rings. The number of hydrogen-bond acceptors (Lipinski definition) is 1. The molecule has 130 valence electrons. The van der Waals surface area contributed by atoms with Crippen molar-refractivity contribution in [1.82, 2.24) is 0 Å². The van der Waals surface area contributed by atoms with Crippen molar-refractivity contribution in [3.8, 4) is 16.9 Å². The third-order valence-corrected chi connectivity index (χ3v) is 4.29. The third-order valence-electron chi connectivity index (χ3n) is 4.29. The first-order chi connectivity index (χ1) is 11.8. The minimum absolute atomic E-state index is 0.227. The summed E-state index contributed by atoms with van der Waals surface area (Å²) in [6, 6.07) is 14.8. The van der Waals surface area contributed by atoms with Gasteiger partial charge in [0.05, 0.1) is 6.61 Å². The molecule has 2 heteroatoms. The molecule has 0 aliphatic rings. The monoisotopic (exact) mass is 328 g/mol. The summed E-state index contributed by atoms with van der Waals surface area (Å²) in [6.45, 7) is 2.91. The van der Waals surface area contributed by atoms with Gasteiger partial charge in [0.15, 0.2) is 0 Å². The smallest absolute Gasteiger partial charge is 0.134 e. The maximum absolute atomic E-state index is 14.2. The largest absolute Gasteiger partial charge is 0.493 e. The van der Waals surface area contributed by atoms with Gasteiger partial charge in [0.2, 0.25) is 0 Å². The summed E-state index contributed by atoms with van der Waals surface area (Å²) < 4.78 is 19.9. The van der Waals surface area contributed by atoms with E-state index < -0.39 is 0 Å². The first-order valence-corrected chi connectivity index (χ1v) is 9.29. The van der Waals surface area contributed by atoms with Crippen LogP contribution in [0.5, 0.6) is 5.75 Å². The van der Waals surface area contributed by atoms with E-state index in [1.165, 1.54) is 51.0 Å². The van der Waals surface area contributed by atoms with E-state index in [-0.39, 0.29) is 5.82 Å². The summed E-state index contributed by atoms with van der Waals surface area (Å²) >= 11 is 0. The predicted octanol–water partition coefficient (Wildman–Crippen LogP) is 7.01. The van der Waals surface area contributed by atoms with Gasteiger partial charge in [-0.2, -0.15) is 0 Å². The summed E-state index contributed by atoms with van der Waals surface area (Å²) in [5.74, 6) is 0.393. The fourth-order valence-electron chi connectivity index (χ4n) is 2.86. The summed E-state index contributed by atoms with van der Waals surface area (Å²) in [7, 11) is 0. The molecule has 24 heavy (non-hydrogen) atoms. The zero-order chi connectivity index (χ0) is 17.0. The lowest BCUT2D eigenvalue weighted by Crippen LogP contribution is -1.98. The Morgan fingerprint density at radius 2 is 1.46 bits per heavy atom. The van der Waals surface area contributed by atoms with Crippen molar-refractivity contribution < 1.29 is 9.13 Å². The molecule has 0 saturated carbocycles. The second-order valence-electron chi connectivity index (χ2n) is 6.33. The molecule has 0 amide bonds. The standard InChI is InChI=1S/C22H29FO/c1-2-3-4-5-6-7-8-12-17-24-20-15-16-21(22(23)18-20)19-13-10-9-11-14-19/h9-11,13-16,18H,2-8,12,17H2,1H3. The van der Waals surface area contributed by atoms with E-state index in [4.69, 9.17) is 4.74 Å². The quantitative estimate of drug-likeness (QED) is 0.403. The highest BCUT2D eigenvalue weighted by Crippen LogP contribution is 2.26. The van der Waals surface area contributed by atoms with Crippen molar-refractivity contribution in [2.75, 3.05) is 6.61 Å². The molecule has 0 fully saturated rings. The molecule has 1 nitrogen and oxygen atoms in total. The molecule has 0 N–H and O–H groups in total. The van der Waals surface area contributed by atoms with Crippen molar-refractivity contribution in [1.29, 1.82) is 0 Å². The number of benzene rings is 2. The van der Waals surface area contributed by atoms with Crippen molar-refractivity contribution in [3.05, 3.63) is 54.3 Å². The molecule has 0 radical (unpaired) electrons. The molecule has 2 rings (SSSR count). The Bertz CT molecular complexity index is 580. The van der Waals surface area contributed by atoms with E-state index in [9.17, 15) is 4.39 Å². The first kappa shape index (κ1) is 18.5. The van der Waals surface area contributed by atoms with E-state index in [0.717, 1.165) is 12.0 Å². The van der Waals surface area contributed by atoms with Gasteiger partial charge in [0, 0.05) is 11.6 Å². The number of ether oxygens (including phenoxy) is 1. The van der Waals surface area contributed by atoms with Gasteiger partial charge in [-0.1, -0.05) is 82.2 Å². The summed E-state index contributed by atoms with van der Waals surface area (Å²) in [6.07, 6.45) is 10.2. The molecule has 0 atom stereocenters. The highest BCUT2D eigenvalue weighted by atomic mass is 19.1. The zero-order valence-corrected chi connectivity index (χ0v) is 14.8. The van der Waals surface area contributed by atoms with Crippen LogP contribution in [0.1, 0.15) is 58.3 Å². The Morgan fingerprint density at radius 3 is 2.12 bits per heavy atom. The van der Waals surface area contributed by atoms with E-state index in [2.05, 4.69) is 6.92 Å². The fourth-order valence-corrected chi connectivity index (χ4v) is 2.86. The van der Waals surface area contributed by atoms with Crippen LogP contribution >= 0.6 is 0 Å². The van der Waals surface area contributed by atoms with Crippen molar-refractivity contribution >= 4 is 0 Å². The van der Waals surface area contributed by atoms with Gasteiger partial charge in [-0.05, 0) is 24.1 Å². The second-order valence-corrected chi connectivity index (χ2v) is 6.33. The first-order valence-electron chi connectivity index (χ1n) is 9.29. The van der Waals surface area contributed by atoms with Gasteiger partial charge >= 0.3 is 0 Å². The molecular weight excluding hydrogens is 299 g/mol. The lowest BCUT2D eigenvalue weighted by molar-refractivity contribution is 0.303. The average Bonchev–Trinajstić information content (AvgIpc) is 2.61. The van der Waals surface area contributed by atoms with E-state index >= 15 is 0 Å². The molecule has 0 heterocycles. The van der Waals surface area contributed by atoms with Crippen LogP contribution < -0.4 is 4.74 Å². The van der Waals surface area contributed by atoms with Crippen LogP contribution in [0.15, 0.2) is 48.5 Å². The Morgan fingerprint density at radius 1 is 0.792 bits per heavy atom. The van der Waals surface area contributed by atoms with Crippen LogP contribution in [0.4, 0.5) is 4.39 Å². The fraction of sp³-hybridized carbons (Fsp3) is 0.455. The van der Waals surface area contributed by atoms with Crippen LogP contribution in [0.25, 0.3) is 11.1 Å². The van der Waals surface area contributed by atoms with Crippen LogP contribution in [-0.2, 0) is 0 Å². The highest BCUT2D eigenvalue weighted by Gasteiger charge is 2.06. The zero-order valence-electron chi connectivity index (χ0n) is 14.8. The molecule has 0 bridgehead atoms. The summed E-state index contributed by atoms with van der Waals surface area (Å²) in [5.41, 5.74) is 1.51. The van der Waals surface area contributed by atoms with E-state index in [1.807, 2.05) is 36.4 Å². The van der Waals surface area contributed by atoms with Crippen molar-refractivity contribution in [2.45, 2.75) is 58.3 Å². The van der Waals surface area contributed by atoms with Gasteiger partial charge in [-0.3, -0.25) is 0 Å². The normalized spacial score (nSPS) is 10.8. The average molecular weight is 328 g/mol. The lowest BCUT2D eigenvalue weighted by atomic mass is 10.1. The van der Waals surface area contributed by atoms with Gasteiger partial charge in [-0.15, -0.1) is 0 Å². The summed E-state index contributed by atoms with van der Waals surface area (Å²) in [5, 5.41) is 0. The van der Waals surface area contributed by atoms with E-state index in [1.54, 1.807) is 6.07 Å². The van der Waals surface area contributed by atoms with Crippen molar-refractivity contribution in [2.24, 2.45) is 0 Å². The number of rotatable bonds is 11. The maximum atomic E-state index is 14.2. The Balaban J connectivity index is 1.68. The third kappa shape index (κ3) is 6.35. The van der Waals surface area contributed by atoms with Gasteiger partial charge in [-0.25, -0.2) is 4.39 Å². The molecule has 0 aromatic heterocycles. The molecular formula is C22H29FO. The minimum atomic E-state index is -0.227. The van der Waals surface area contributed by atoms with Crippen molar-refractivity contribution in [3.63, 3.8) is 0 Å². The van der Waals surface area contributed by atoms with Gasteiger partial charge in [0.1, 0.15) is 11.6 Å². The molecule has 0 spiro atoms. The topological polar surface area (TPSA) is 9.23 Å². The van der Waals surface area contributed by atoms with Gasteiger partial charge < -0.3 is 4.74 Å².